The van der Waals surface area contributed by atoms with Crippen LogP contribution < -0.4 is 4.74 Å². The molecule has 3 heteroatoms. The highest BCUT2D eigenvalue weighted by Gasteiger charge is 2.14. The van der Waals surface area contributed by atoms with Gasteiger partial charge in [0.05, 0.1) is 6.10 Å². The molecule has 2 heterocycles. The van der Waals surface area contributed by atoms with Crippen LogP contribution in [-0.2, 0) is 4.74 Å². The van der Waals surface area contributed by atoms with E-state index in [1.807, 2.05) is 19.1 Å². The Morgan fingerprint density at radius 1 is 1.53 bits per heavy atom. The summed E-state index contributed by atoms with van der Waals surface area (Å²) < 4.78 is 11.2. The van der Waals surface area contributed by atoms with E-state index in [1.54, 1.807) is 6.20 Å². The molecule has 0 N–H and O–H groups in total. The highest BCUT2D eigenvalue weighted by molar-refractivity contribution is 5.23. The first-order valence-electron chi connectivity index (χ1n) is 5.52. The van der Waals surface area contributed by atoms with Gasteiger partial charge in [-0.2, -0.15) is 0 Å². The van der Waals surface area contributed by atoms with Crippen molar-refractivity contribution in [2.45, 2.75) is 32.3 Å². The molecule has 0 saturated carbocycles. The van der Waals surface area contributed by atoms with E-state index in [-0.39, 0.29) is 6.10 Å². The molecule has 1 unspecified atom stereocenters. The second kappa shape index (κ2) is 5.12. The Bertz CT molecular complexity index is 308. The summed E-state index contributed by atoms with van der Waals surface area (Å²) in [6.07, 6.45) is 5.53. The lowest BCUT2D eigenvalue weighted by Crippen LogP contribution is -2.26. The molecular weight excluding hydrogens is 190 g/mol. The molecule has 0 amide bonds. The number of pyridine rings is 1. The molecule has 2 rings (SSSR count). The van der Waals surface area contributed by atoms with E-state index < -0.39 is 0 Å². The summed E-state index contributed by atoms with van der Waals surface area (Å²) in [4.78, 5) is 4.18. The molecule has 1 aromatic heterocycles. The zero-order valence-electron chi connectivity index (χ0n) is 9.11. The number of rotatable bonds is 3. The monoisotopic (exact) mass is 207 g/mol. The van der Waals surface area contributed by atoms with Gasteiger partial charge in [-0.05, 0) is 32.3 Å². The minimum absolute atomic E-state index is 0.250. The van der Waals surface area contributed by atoms with Crippen molar-refractivity contribution in [1.29, 1.82) is 0 Å². The largest absolute Gasteiger partial charge is 0.475 e. The molecule has 0 bridgehead atoms. The van der Waals surface area contributed by atoms with Crippen LogP contribution >= 0.6 is 0 Å². The second-order valence-corrected chi connectivity index (χ2v) is 3.93. The van der Waals surface area contributed by atoms with E-state index >= 15 is 0 Å². The Balaban J connectivity index is 1.84. The summed E-state index contributed by atoms with van der Waals surface area (Å²) >= 11 is 0. The molecule has 15 heavy (non-hydrogen) atoms. The van der Waals surface area contributed by atoms with Crippen LogP contribution in [0.2, 0.25) is 0 Å². The number of aromatic nitrogens is 1. The molecule has 0 aliphatic carbocycles. The molecule has 1 aliphatic rings. The van der Waals surface area contributed by atoms with Crippen molar-refractivity contribution in [2.24, 2.45) is 0 Å². The zero-order valence-corrected chi connectivity index (χ0v) is 9.11. The predicted molar refractivity (Wildman–Crippen MR) is 58.1 cm³/mol. The van der Waals surface area contributed by atoms with Crippen molar-refractivity contribution in [1.82, 2.24) is 4.98 Å². The third kappa shape index (κ3) is 2.93. The first kappa shape index (κ1) is 10.4. The number of hydrogen-bond acceptors (Lipinski definition) is 3. The highest BCUT2D eigenvalue weighted by atomic mass is 16.5. The van der Waals surface area contributed by atoms with Gasteiger partial charge in [0.15, 0.2) is 0 Å². The molecule has 1 atom stereocenters. The van der Waals surface area contributed by atoms with Crippen LogP contribution in [0.5, 0.6) is 5.88 Å². The highest BCUT2D eigenvalue weighted by Crippen LogP contribution is 2.16. The summed E-state index contributed by atoms with van der Waals surface area (Å²) in [5, 5.41) is 0. The Morgan fingerprint density at radius 3 is 3.20 bits per heavy atom. The van der Waals surface area contributed by atoms with Crippen LogP contribution in [0.4, 0.5) is 0 Å². The number of nitrogens with zero attached hydrogens (tertiary/aromatic N) is 1. The number of aryl methyl sites for hydroxylation is 1. The van der Waals surface area contributed by atoms with Gasteiger partial charge >= 0.3 is 0 Å². The second-order valence-electron chi connectivity index (χ2n) is 3.93. The van der Waals surface area contributed by atoms with E-state index in [1.165, 1.54) is 12.8 Å². The number of hydrogen-bond donors (Lipinski definition) is 0. The van der Waals surface area contributed by atoms with Gasteiger partial charge in [0.1, 0.15) is 6.61 Å². The minimum atomic E-state index is 0.250. The van der Waals surface area contributed by atoms with Gasteiger partial charge in [-0.1, -0.05) is 6.07 Å². The van der Waals surface area contributed by atoms with E-state index in [0.29, 0.717) is 6.61 Å². The first-order valence-corrected chi connectivity index (χ1v) is 5.52. The van der Waals surface area contributed by atoms with E-state index in [0.717, 1.165) is 24.5 Å². The van der Waals surface area contributed by atoms with Crippen LogP contribution in [0, 0.1) is 6.92 Å². The van der Waals surface area contributed by atoms with Crippen molar-refractivity contribution in [3.8, 4) is 5.88 Å². The average Bonchev–Trinajstić information content (AvgIpc) is 2.29. The summed E-state index contributed by atoms with van der Waals surface area (Å²) in [5.74, 6) is 0.728. The Labute approximate surface area is 90.4 Å². The fourth-order valence-electron chi connectivity index (χ4n) is 1.73. The van der Waals surface area contributed by atoms with Gasteiger partial charge in [-0.3, -0.25) is 0 Å². The fraction of sp³-hybridized carbons (Fsp3) is 0.583. The molecule has 1 aromatic rings. The number of ether oxygens (including phenoxy) is 2. The molecule has 0 radical (unpaired) electrons. The normalized spacial score (nSPS) is 21.3. The minimum Gasteiger partial charge on any atom is -0.475 e. The SMILES string of the molecule is Cc1cccnc1OCC1CCCCO1. The zero-order chi connectivity index (χ0) is 10.5. The maximum Gasteiger partial charge on any atom is 0.216 e. The lowest BCUT2D eigenvalue weighted by molar-refractivity contribution is -0.0120. The van der Waals surface area contributed by atoms with Gasteiger partial charge < -0.3 is 9.47 Å². The van der Waals surface area contributed by atoms with Crippen LogP contribution in [0.25, 0.3) is 0 Å². The third-order valence-corrected chi connectivity index (χ3v) is 2.64. The Hall–Kier alpha value is -1.09. The molecule has 0 spiro atoms. The maximum atomic E-state index is 5.64. The molecule has 3 nitrogen and oxygen atoms in total. The lowest BCUT2D eigenvalue weighted by atomic mass is 10.1. The van der Waals surface area contributed by atoms with Crippen molar-refractivity contribution in [2.75, 3.05) is 13.2 Å². The molecule has 0 aromatic carbocycles. The molecule has 82 valence electrons. The predicted octanol–water partition coefficient (Wildman–Crippen LogP) is 2.34. The van der Waals surface area contributed by atoms with Crippen LogP contribution in [0.1, 0.15) is 24.8 Å². The maximum absolute atomic E-state index is 5.64. The quantitative estimate of drug-likeness (QED) is 0.762. The summed E-state index contributed by atoms with van der Waals surface area (Å²) in [6.45, 7) is 3.50. The average molecular weight is 207 g/mol. The summed E-state index contributed by atoms with van der Waals surface area (Å²) in [5.41, 5.74) is 1.08. The van der Waals surface area contributed by atoms with Crippen LogP contribution in [0.15, 0.2) is 18.3 Å². The Kier molecular flexibility index (Phi) is 3.56. The van der Waals surface area contributed by atoms with Crippen molar-refractivity contribution in [3.05, 3.63) is 23.9 Å². The van der Waals surface area contributed by atoms with Crippen LogP contribution in [0.3, 0.4) is 0 Å². The Morgan fingerprint density at radius 2 is 2.47 bits per heavy atom. The van der Waals surface area contributed by atoms with Crippen molar-refractivity contribution >= 4 is 0 Å². The molecular formula is C12H17NO2. The fourth-order valence-corrected chi connectivity index (χ4v) is 1.73. The van der Waals surface area contributed by atoms with Gasteiger partial charge in [-0.25, -0.2) is 4.98 Å². The standard InChI is InChI=1S/C12H17NO2/c1-10-5-4-7-13-12(10)15-9-11-6-2-3-8-14-11/h4-5,7,11H,2-3,6,8-9H2,1H3. The first-order chi connectivity index (χ1) is 7.36. The van der Waals surface area contributed by atoms with Crippen molar-refractivity contribution < 1.29 is 9.47 Å². The summed E-state index contributed by atoms with van der Waals surface area (Å²) in [6, 6.07) is 3.92. The molecule has 1 aliphatic heterocycles. The third-order valence-electron chi connectivity index (χ3n) is 2.64. The van der Waals surface area contributed by atoms with Crippen LogP contribution in [-0.4, -0.2) is 24.3 Å². The van der Waals surface area contributed by atoms with Crippen molar-refractivity contribution in [3.63, 3.8) is 0 Å². The smallest absolute Gasteiger partial charge is 0.216 e. The lowest BCUT2D eigenvalue weighted by Gasteiger charge is -2.22. The van der Waals surface area contributed by atoms with Gasteiger partial charge in [0.2, 0.25) is 5.88 Å². The van der Waals surface area contributed by atoms with Gasteiger partial charge in [0.25, 0.3) is 0 Å². The molecule has 1 fully saturated rings. The molecule has 1 saturated heterocycles. The summed E-state index contributed by atoms with van der Waals surface area (Å²) in [7, 11) is 0. The van der Waals surface area contributed by atoms with E-state index in [9.17, 15) is 0 Å². The topological polar surface area (TPSA) is 31.4 Å². The van der Waals surface area contributed by atoms with Gasteiger partial charge in [0, 0.05) is 18.4 Å². The van der Waals surface area contributed by atoms with E-state index in [4.69, 9.17) is 9.47 Å². The van der Waals surface area contributed by atoms with E-state index in [2.05, 4.69) is 4.98 Å². The van der Waals surface area contributed by atoms with Gasteiger partial charge in [-0.15, -0.1) is 0 Å².